The third kappa shape index (κ3) is 5.44. The van der Waals surface area contributed by atoms with Crippen molar-refractivity contribution in [3.05, 3.63) is 35.9 Å². The second-order valence-electron chi connectivity index (χ2n) is 6.82. The summed E-state index contributed by atoms with van der Waals surface area (Å²) in [6.45, 7) is 7.04. The molecular weight excluding hydrogens is 336 g/mol. The summed E-state index contributed by atoms with van der Waals surface area (Å²) >= 11 is 0. The van der Waals surface area contributed by atoms with Crippen LogP contribution in [0.1, 0.15) is 26.3 Å². The van der Waals surface area contributed by atoms with E-state index < -0.39 is 11.8 Å². The van der Waals surface area contributed by atoms with Crippen LogP contribution in [0.4, 0.5) is 4.79 Å². The molecule has 144 valence electrons. The van der Waals surface area contributed by atoms with Gasteiger partial charge in [0.15, 0.2) is 0 Å². The van der Waals surface area contributed by atoms with Crippen molar-refractivity contribution in [1.29, 1.82) is 0 Å². The van der Waals surface area contributed by atoms with Gasteiger partial charge in [0.1, 0.15) is 12.3 Å². The third-order valence-electron chi connectivity index (χ3n) is 4.20. The highest BCUT2D eigenvalue weighted by atomic mass is 16.6. The van der Waals surface area contributed by atoms with Crippen LogP contribution in [0.25, 0.3) is 0 Å². The van der Waals surface area contributed by atoms with E-state index in [-0.39, 0.29) is 25.2 Å². The molecule has 1 aliphatic heterocycles. The van der Waals surface area contributed by atoms with Gasteiger partial charge in [-0.15, -0.1) is 0 Å². The molecular formula is C19H28N2O5. The average molecular weight is 364 g/mol. The van der Waals surface area contributed by atoms with Crippen molar-refractivity contribution in [2.24, 2.45) is 0 Å². The van der Waals surface area contributed by atoms with Crippen molar-refractivity contribution in [3.8, 4) is 0 Å². The highest BCUT2D eigenvalue weighted by molar-refractivity contribution is 5.71. The number of carbonyl (C=O) groups is 2. The van der Waals surface area contributed by atoms with Gasteiger partial charge in [-0.1, -0.05) is 30.3 Å². The first-order valence-electron chi connectivity index (χ1n) is 8.81. The van der Waals surface area contributed by atoms with Crippen LogP contribution in [-0.2, 0) is 25.6 Å². The molecule has 1 atom stereocenters. The molecule has 0 spiro atoms. The van der Waals surface area contributed by atoms with Gasteiger partial charge >= 0.3 is 12.1 Å². The van der Waals surface area contributed by atoms with E-state index in [0.717, 1.165) is 5.56 Å². The molecule has 1 aromatic carbocycles. The van der Waals surface area contributed by atoms with E-state index in [1.165, 1.54) is 0 Å². The summed E-state index contributed by atoms with van der Waals surface area (Å²) in [5, 5.41) is 0. The Morgan fingerprint density at radius 1 is 1.27 bits per heavy atom. The van der Waals surface area contributed by atoms with Crippen LogP contribution in [0.5, 0.6) is 0 Å². The maximum Gasteiger partial charge on any atom is 0.412 e. The molecule has 0 radical (unpaired) electrons. The number of nitrogens with zero attached hydrogens (tertiary/aromatic N) is 2. The van der Waals surface area contributed by atoms with Crippen molar-refractivity contribution in [1.82, 2.24) is 9.80 Å². The number of amides is 1. The first-order chi connectivity index (χ1) is 12.3. The summed E-state index contributed by atoms with van der Waals surface area (Å²) in [4.78, 5) is 27.7. The molecule has 7 heteroatoms. The number of rotatable bonds is 7. The first kappa shape index (κ1) is 20.2. The normalized spacial score (nSPS) is 18.8. The van der Waals surface area contributed by atoms with E-state index >= 15 is 0 Å². The monoisotopic (exact) mass is 364 g/mol. The number of carbonyl (C=O) groups excluding carboxylic acids is 2. The average Bonchev–Trinajstić information content (AvgIpc) is 2.88. The Labute approximate surface area is 154 Å². The Morgan fingerprint density at radius 2 is 1.96 bits per heavy atom. The second kappa shape index (κ2) is 9.00. The Bertz CT molecular complexity index is 605. The molecule has 1 heterocycles. The summed E-state index contributed by atoms with van der Waals surface area (Å²) in [6.07, 6.45) is -0.425. The smallest absolute Gasteiger partial charge is 0.412 e. The lowest BCUT2D eigenvalue weighted by Gasteiger charge is -2.34. The fraction of sp³-hybridized carbons (Fsp3) is 0.579. The number of benzene rings is 1. The zero-order valence-electron chi connectivity index (χ0n) is 15.9. The van der Waals surface area contributed by atoms with E-state index in [1.54, 1.807) is 11.8 Å². The van der Waals surface area contributed by atoms with E-state index in [9.17, 15) is 9.59 Å². The fourth-order valence-corrected chi connectivity index (χ4v) is 3.03. The lowest BCUT2D eigenvalue weighted by molar-refractivity contribution is -0.144. The predicted molar refractivity (Wildman–Crippen MR) is 96.4 cm³/mol. The number of ether oxygens (including phenoxy) is 3. The van der Waals surface area contributed by atoms with E-state index in [1.807, 2.05) is 56.1 Å². The summed E-state index contributed by atoms with van der Waals surface area (Å²) in [5.74, 6) is -0.286. The molecule has 0 bridgehead atoms. The lowest BCUT2D eigenvalue weighted by atomic mass is 10.2. The van der Waals surface area contributed by atoms with Gasteiger partial charge in [-0.05, 0) is 33.4 Å². The number of esters is 1. The molecule has 26 heavy (non-hydrogen) atoms. The Kier molecular flexibility index (Phi) is 6.99. The highest BCUT2D eigenvalue weighted by Crippen LogP contribution is 2.28. The summed E-state index contributed by atoms with van der Waals surface area (Å²) in [7, 11) is 1.82. The largest absolute Gasteiger partial charge is 0.465 e. The lowest BCUT2D eigenvalue weighted by Crippen LogP contribution is -2.51. The summed E-state index contributed by atoms with van der Waals surface area (Å²) in [6, 6.07) is 9.33. The molecule has 1 aliphatic rings. The maximum absolute atomic E-state index is 12.7. The van der Waals surface area contributed by atoms with Gasteiger partial charge in [-0.25, -0.2) is 4.79 Å². The maximum atomic E-state index is 12.7. The molecule has 0 N–H and O–H groups in total. The van der Waals surface area contributed by atoms with Gasteiger partial charge in [0.2, 0.25) is 0 Å². The molecule has 0 saturated carbocycles. The van der Waals surface area contributed by atoms with Gasteiger partial charge in [0.25, 0.3) is 0 Å². The number of hydrogen-bond donors (Lipinski definition) is 0. The standard InChI is InChI=1S/C19H28N2O5/c1-5-24-17(22)12-20(4)11-16-14-26-19(2,3)21(16)18(23)25-13-15-9-7-6-8-10-15/h6-10,16H,5,11-14H2,1-4H3/t16-/m1/s1. The fourth-order valence-electron chi connectivity index (χ4n) is 3.03. The highest BCUT2D eigenvalue weighted by Gasteiger charge is 2.45. The van der Waals surface area contributed by atoms with Gasteiger partial charge in [-0.2, -0.15) is 0 Å². The van der Waals surface area contributed by atoms with Gasteiger partial charge in [0, 0.05) is 6.54 Å². The Balaban J connectivity index is 1.95. The molecule has 7 nitrogen and oxygen atoms in total. The van der Waals surface area contributed by atoms with Gasteiger partial charge in [-0.3, -0.25) is 14.6 Å². The summed E-state index contributed by atoms with van der Waals surface area (Å²) < 4.78 is 16.2. The minimum atomic E-state index is -0.761. The van der Waals surface area contributed by atoms with E-state index in [4.69, 9.17) is 14.2 Å². The van der Waals surface area contributed by atoms with Crippen molar-refractivity contribution >= 4 is 12.1 Å². The Hall–Kier alpha value is -2.12. The second-order valence-corrected chi connectivity index (χ2v) is 6.82. The number of likely N-dealkylation sites (N-methyl/N-ethyl adjacent to an activating group) is 1. The van der Waals surface area contributed by atoms with Crippen molar-refractivity contribution in [3.63, 3.8) is 0 Å². The molecule has 1 fully saturated rings. The molecule has 0 unspecified atom stereocenters. The van der Waals surface area contributed by atoms with E-state index in [2.05, 4.69) is 0 Å². The minimum absolute atomic E-state index is 0.164. The predicted octanol–water partition coefficient (Wildman–Crippen LogP) is 2.26. The van der Waals surface area contributed by atoms with Crippen LogP contribution in [0.15, 0.2) is 30.3 Å². The van der Waals surface area contributed by atoms with Crippen LogP contribution < -0.4 is 0 Å². The molecule has 0 aromatic heterocycles. The quantitative estimate of drug-likeness (QED) is 0.692. The molecule has 0 aliphatic carbocycles. The Morgan fingerprint density at radius 3 is 2.62 bits per heavy atom. The molecule has 1 amide bonds. The SMILES string of the molecule is CCOC(=O)CN(C)C[C@@H]1COC(C)(C)N1C(=O)OCc1ccccc1. The first-order valence-corrected chi connectivity index (χ1v) is 8.81. The van der Waals surface area contributed by atoms with Crippen molar-refractivity contribution < 1.29 is 23.8 Å². The molecule has 1 aromatic rings. The number of hydrogen-bond acceptors (Lipinski definition) is 6. The van der Waals surface area contributed by atoms with Crippen LogP contribution in [0.3, 0.4) is 0 Å². The van der Waals surface area contributed by atoms with Crippen molar-refractivity contribution in [2.75, 3.05) is 33.4 Å². The zero-order valence-corrected chi connectivity index (χ0v) is 15.9. The van der Waals surface area contributed by atoms with Gasteiger partial charge < -0.3 is 14.2 Å². The van der Waals surface area contributed by atoms with Gasteiger partial charge in [0.05, 0.1) is 25.8 Å². The molecule has 2 rings (SSSR count). The van der Waals surface area contributed by atoms with Crippen LogP contribution in [0, 0.1) is 0 Å². The van der Waals surface area contributed by atoms with E-state index in [0.29, 0.717) is 19.8 Å². The van der Waals surface area contributed by atoms with Crippen LogP contribution in [-0.4, -0.2) is 67.0 Å². The molecule has 1 saturated heterocycles. The summed E-state index contributed by atoms with van der Waals surface area (Å²) in [5.41, 5.74) is 0.165. The third-order valence-corrected chi connectivity index (χ3v) is 4.20. The zero-order chi connectivity index (χ0) is 19.2. The van der Waals surface area contributed by atoms with Crippen LogP contribution in [0.2, 0.25) is 0 Å². The van der Waals surface area contributed by atoms with Crippen LogP contribution >= 0.6 is 0 Å². The topological polar surface area (TPSA) is 68.3 Å². The van der Waals surface area contributed by atoms with Crippen molar-refractivity contribution in [2.45, 2.75) is 39.1 Å². The minimum Gasteiger partial charge on any atom is -0.465 e.